The fraction of sp³-hybridized carbons (Fsp3) is 0.643. The van der Waals surface area contributed by atoms with Gasteiger partial charge in [-0.15, -0.1) is 0 Å². The third kappa shape index (κ3) is 5.67. The Morgan fingerprint density at radius 1 is 1.41 bits per heavy atom. The van der Waals surface area contributed by atoms with Gasteiger partial charge in [-0.05, 0) is 42.1 Å². The molecule has 0 aliphatic rings. The minimum atomic E-state index is -0.473. The quantitative estimate of drug-likeness (QED) is 0.682. The Morgan fingerprint density at radius 2 is 2.09 bits per heavy atom. The highest BCUT2D eigenvalue weighted by molar-refractivity contribution is 9.10. The van der Waals surface area contributed by atoms with Crippen LogP contribution in [-0.2, 0) is 4.74 Å². The minimum Gasteiger partial charge on any atom is -0.450 e. The van der Waals surface area contributed by atoms with Crippen LogP contribution in [0.25, 0.3) is 0 Å². The summed E-state index contributed by atoms with van der Waals surface area (Å²) in [6.45, 7) is 8.29. The summed E-state index contributed by atoms with van der Waals surface area (Å²) >= 11 is 3.31. The van der Waals surface area contributed by atoms with Crippen molar-refractivity contribution in [2.45, 2.75) is 40.2 Å². The van der Waals surface area contributed by atoms with Crippen LogP contribution in [0.5, 0.6) is 0 Å². The maximum Gasteiger partial charge on any atom is 0.407 e. The van der Waals surface area contributed by atoms with E-state index in [2.05, 4.69) is 50.6 Å². The van der Waals surface area contributed by atoms with Gasteiger partial charge in [0.05, 0.1) is 11.1 Å². The maximum absolute atomic E-state index is 12.1. The Hall–Kier alpha value is -1.57. The van der Waals surface area contributed by atoms with Gasteiger partial charge in [0.25, 0.3) is 5.91 Å². The van der Waals surface area contributed by atoms with Gasteiger partial charge in [-0.1, -0.05) is 13.8 Å². The normalized spacial score (nSPS) is 12.1. The van der Waals surface area contributed by atoms with Crippen LogP contribution in [0.15, 0.2) is 4.47 Å². The zero-order valence-corrected chi connectivity index (χ0v) is 14.9. The van der Waals surface area contributed by atoms with Crippen molar-refractivity contribution >= 4 is 27.9 Å². The highest BCUT2D eigenvalue weighted by Gasteiger charge is 2.19. The number of H-pyrrole nitrogens is 1. The third-order valence-electron chi connectivity index (χ3n) is 2.95. The zero-order valence-electron chi connectivity index (χ0n) is 13.3. The molecule has 0 aromatic carbocycles. The van der Waals surface area contributed by atoms with Crippen LogP contribution in [0.1, 0.15) is 43.4 Å². The lowest BCUT2D eigenvalue weighted by atomic mass is 10.0. The Bertz CT molecular complexity index is 516. The van der Waals surface area contributed by atoms with Crippen molar-refractivity contribution in [3.8, 4) is 0 Å². The zero-order chi connectivity index (χ0) is 16.7. The van der Waals surface area contributed by atoms with Gasteiger partial charge in [0.2, 0.25) is 0 Å². The predicted octanol–water partition coefficient (Wildman–Crippen LogP) is 2.37. The fourth-order valence-corrected chi connectivity index (χ4v) is 2.32. The Kier molecular flexibility index (Phi) is 7.37. The summed E-state index contributed by atoms with van der Waals surface area (Å²) in [6.07, 6.45) is 0.263. The highest BCUT2D eigenvalue weighted by atomic mass is 79.9. The largest absolute Gasteiger partial charge is 0.450 e. The highest BCUT2D eigenvalue weighted by Crippen LogP contribution is 2.17. The monoisotopic (exact) mass is 374 g/mol. The smallest absolute Gasteiger partial charge is 0.407 e. The van der Waals surface area contributed by atoms with Gasteiger partial charge in [0.1, 0.15) is 0 Å². The standard InChI is InChI=1S/C14H23BrN4O3/c1-5-22-14(21)17-10(6-8(2)3)7-16-13(20)12-11(15)9(4)18-19-12/h8,10H,5-7H2,1-4H3,(H,16,20)(H,17,21)(H,18,19)/t10-/m0/s1. The second-order valence-corrected chi connectivity index (χ2v) is 6.21. The average Bonchev–Trinajstić information content (AvgIpc) is 2.76. The van der Waals surface area contributed by atoms with Gasteiger partial charge in [0.15, 0.2) is 5.69 Å². The van der Waals surface area contributed by atoms with Gasteiger partial charge in [-0.25, -0.2) is 4.79 Å². The number of carbonyl (C=O) groups is 2. The summed E-state index contributed by atoms with van der Waals surface area (Å²) in [6, 6.07) is -0.193. The first-order valence-corrected chi connectivity index (χ1v) is 8.06. The van der Waals surface area contributed by atoms with Gasteiger partial charge in [-0.3, -0.25) is 9.89 Å². The van der Waals surface area contributed by atoms with E-state index in [1.54, 1.807) is 6.92 Å². The molecule has 1 rings (SSSR count). The van der Waals surface area contributed by atoms with Gasteiger partial charge in [-0.2, -0.15) is 5.10 Å². The molecule has 0 saturated carbocycles. The van der Waals surface area contributed by atoms with E-state index in [9.17, 15) is 9.59 Å². The predicted molar refractivity (Wildman–Crippen MR) is 86.8 cm³/mol. The topological polar surface area (TPSA) is 96.1 Å². The lowest BCUT2D eigenvalue weighted by Crippen LogP contribution is -2.44. The van der Waals surface area contributed by atoms with Crippen molar-refractivity contribution in [1.82, 2.24) is 20.8 Å². The number of aromatic nitrogens is 2. The molecule has 0 fully saturated rings. The molecule has 0 bridgehead atoms. The number of ether oxygens (including phenoxy) is 1. The van der Waals surface area contributed by atoms with Crippen molar-refractivity contribution in [2.75, 3.05) is 13.2 Å². The van der Waals surface area contributed by atoms with Crippen LogP contribution >= 0.6 is 15.9 Å². The average molecular weight is 375 g/mol. The summed E-state index contributed by atoms with van der Waals surface area (Å²) in [7, 11) is 0. The van der Waals surface area contributed by atoms with E-state index in [4.69, 9.17) is 4.74 Å². The number of hydrogen-bond acceptors (Lipinski definition) is 4. The summed E-state index contributed by atoms with van der Waals surface area (Å²) in [5, 5.41) is 12.2. The Morgan fingerprint density at radius 3 is 2.59 bits per heavy atom. The SMILES string of the molecule is CCOC(=O)N[C@H](CNC(=O)c1n[nH]c(C)c1Br)CC(C)C. The number of alkyl carbamates (subject to hydrolysis) is 1. The molecule has 7 nitrogen and oxygen atoms in total. The molecule has 1 aromatic heterocycles. The van der Waals surface area contributed by atoms with Gasteiger partial charge < -0.3 is 15.4 Å². The van der Waals surface area contributed by atoms with Gasteiger partial charge >= 0.3 is 6.09 Å². The van der Waals surface area contributed by atoms with Crippen molar-refractivity contribution in [3.05, 3.63) is 15.9 Å². The molecular formula is C14H23BrN4O3. The van der Waals surface area contributed by atoms with Crippen LogP contribution in [0, 0.1) is 12.8 Å². The van der Waals surface area contributed by atoms with Crippen molar-refractivity contribution in [2.24, 2.45) is 5.92 Å². The molecule has 8 heteroatoms. The molecule has 0 spiro atoms. The summed E-state index contributed by atoms with van der Waals surface area (Å²) in [5.74, 6) is 0.0823. The molecule has 0 aliphatic carbocycles. The molecule has 1 aromatic rings. The second kappa shape index (κ2) is 8.77. The number of halogens is 1. The summed E-state index contributed by atoms with van der Waals surface area (Å²) < 4.78 is 5.52. The number of nitrogens with one attached hydrogen (secondary N) is 3. The lowest BCUT2D eigenvalue weighted by molar-refractivity contribution is 0.0938. The first-order valence-electron chi connectivity index (χ1n) is 7.27. The van der Waals surface area contributed by atoms with E-state index in [0.717, 1.165) is 12.1 Å². The number of hydrogen-bond donors (Lipinski definition) is 3. The molecule has 0 aliphatic heterocycles. The number of amides is 2. The van der Waals surface area contributed by atoms with Crippen LogP contribution in [0.2, 0.25) is 0 Å². The van der Waals surface area contributed by atoms with E-state index < -0.39 is 6.09 Å². The van der Waals surface area contributed by atoms with Gasteiger partial charge in [0, 0.05) is 18.3 Å². The molecule has 0 unspecified atom stereocenters. The molecule has 3 N–H and O–H groups in total. The van der Waals surface area contributed by atoms with E-state index >= 15 is 0 Å². The number of rotatable bonds is 7. The first-order chi connectivity index (χ1) is 10.3. The number of carbonyl (C=O) groups excluding carboxylic acids is 2. The summed E-state index contributed by atoms with van der Waals surface area (Å²) in [4.78, 5) is 23.6. The molecule has 1 atom stereocenters. The van der Waals surface area contributed by atoms with Crippen molar-refractivity contribution in [3.63, 3.8) is 0 Å². The molecule has 0 radical (unpaired) electrons. The van der Waals surface area contributed by atoms with E-state index in [1.807, 2.05) is 6.92 Å². The molecule has 1 heterocycles. The first kappa shape index (κ1) is 18.5. The van der Waals surface area contributed by atoms with Crippen LogP contribution < -0.4 is 10.6 Å². The molecular weight excluding hydrogens is 352 g/mol. The lowest BCUT2D eigenvalue weighted by Gasteiger charge is -2.20. The number of nitrogens with zero attached hydrogens (tertiary/aromatic N) is 1. The van der Waals surface area contributed by atoms with E-state index in [-0.39, 0.29) is 11.9 Å². The molecule has 2 amide bonds. The number of aromatic amines is 1. The molecule has 22 heavy (non-hydrogen) atoms. The van der Waals surface area contributed by atoms with Crippen LogP contribution in [-0.4, -0.2) is 41.4 Å². The fourth-order valence-electron chi connectivity index (χ4n) is 1.97. The Labute approximate surface area is 138 Å². The van der Waals surface area contributed by atoms with Crippen molar-refractivity contribution < 1.29 is 14.3 Å². The second-order valence-electron chi connectivity index (χ2n) is 5.41. The molecule has 124 valence electrons. The minimum absolute atomic E-state index is 0.193. The number of aryl methyl sites for hydroxylation is 1. The van der Waals surface area contributed by atoms with E-state index in [1.165, 1.54) is 0 Å². The summed E-state index contributed by atoms with van der Waals surface area (Å²) in [5.41, 5.74) is 1.09. The maximum atomic E-state index is 12.1. The Balaban J connectivity index is 2.60. The van der Waals surface area contributed by atoms with Crippen LogP contribution in [0.4, 0.5) is 4.79 Å². The third-order valence-corrected chi connectivity index (χ3v) is 3.92. The van der Waals surface area contributed by atoms with E-state index in [0.29, 0.717) is 29.2 Å². The van der Waals surface area contributed by atoms with Crippen molar-refractivity contribution in [1.29, 1.82) is 0 Å². The molecule has 0 saturated heterocycles. The van der Waals surface area contributed by atoms with Crippen LogP contribution in [0.3, 0.4) is 0 Å².